The second kappa shape index (κ2) is 4.55. The predicted octanol–water partition coefficient (Wildman–Crippen LogP) is 2.06. The van der Waals surface area contributed by atoms with Gasteiger partial charge >= 0.3 is 0 Å². The van der Waals surface area contributed by atoms with Crippen molar-refractivity contribution < 1.29 is 8.42 Å². The minimum Gasteiger partial charge on any atom is -0.399 e. The number of anilines is 1. The van der Waals surface area contributed by atoms with Crippen LogP contribution >= 0.6 is 0 Å². The molecule has 1 aliphatic heterocycles. The van der Waals surface area contributed by atoms with Crippen molar-refractivity contribution in [3.63, 3.8) is 0 Å². The lowest BCUT2D eigenvalue weighted by molar-refractivity contribution is 0.408. The summed E-state index contributed by atoms with van der Waals surface area (Å²) in [5, 5.41) is 0. The minimum atomic E-state index is -3.41. The Kier molecular flexibility index (Phi) is 3.38. The van der Waals surface area contributed by atoms with Crippen LogP contribution < -0.4 is 5.73 Å². The van der Waals surface area contributed by atoms with Gasteiger partial charge in [-0.2, -0.15) is 4.31 Å². The van der Waals surface area contributed by atoms with E-state index in [1.54, 1.807) is 10.4 Å². The van der Waals surface area contributed by atoms with Crippen molar-refractivity contribution in [2.45, 2.75) is 44.6 Å². The van der Waals surface area contributed by atoms with E-state index in [4.69, 9.17) is 5.73 Å². The van der Waals surface area contributed by atoms with Crippen LogP contribution in [0.1, 0.15) is 30.9 Å². The van der Waals surface area contributed by atoms with Crippen LogP contribution in [0, 0.1) is 13.8 Å². The molecule has 0 aliphatic carbocycles. The zero-order valence-corrected chi connectivity index (χ0v) is 11.9. The van der Waals surface area contributed by atoms with Crippen molar-refractivity contribution in [1.29, 1.82) is 0 Å². The normalized spacial score (nSPS) is 21.4. The predicted molar refractivity (Wildman–Crippen MR) is 72.9 cm³/mol. The van der Waals surface area contributed by atoms with Crippen molar-refractivity contribution in [2.24, 2.45) is 0 Å². The van der Waals surface area contributed by atoms with E-state index in [2.05, 4.69) is 0 Å². The Bertz CT molecular complexity index is 567. The van der Waals surface area contributed by atoms with Gasteiger partial charge in [-0.25, -0.2) is 8.42 Å². The van der Waals surface area contributed by atoms with E-state index >= 15 is 0 Å². The average Bonchev–Trinajstić information content (AvgIpc) is 2.70. The first-order valence-electron chi connectivity index (χ1n) is 6.22. The number of benzene rings is 1. The number of sulfonamides is 1. The number of nitrogens with zero attached hydrogens (tertiary/aromatic N) is 1. The van der Waals surface area contributed by atoms with Gasteiger partial charge in [0.25, 0.3) is 0 Å². The highest BCUT2D eigenvalue weighted by Crippen LogP contribution is 2.30. The Morgan fingerprint density at radius 1 is 1.33 bits per heavy atom. The molecule has 2 N–H and O–H groups in total. The van der Waals surface area contributed by atoms with Crippen molar-refractivity contribution in [2.75, 3.05) is 12.3 Å². The number of nitrogens with two attached hydrogens (primary N) is 1. The van der Waals surface area contributed by atoms with Crippen LogP contribution in [-0.4, -0.2) is 25.3 Å². The second-order valence-corrected chi connectivity index (χ2v) is 6.93. The fourth-order valence-electron chi connectivity index (χ4n) is 2.51. The molecule has 1 aromatic rings. The zero-order chi connectivity index (χ0) is 13.5. The Balaban J connectivity index is 2.54. The lowest BCUT2D eigenvalue weighted by Gasteiger charge is -2.22. The summed E-state index contributed by atoms with van der Waals surface area (Å²) < 4.78 is 26.9. The molecule has 4 nitrogen and oxygen atoms in total. The second-order valence-electron chi connectivity index (χ2n) is 5.07. The van der Waals surface area contributed by atoms with E-state index in [0.717, 1.165) is 24.0 Å². The minimum absolute atomic E-state index is 0.0798. The molecule has 1 aromatic carbocycles. The molecular weight excluding hydrogens is 248 g/mol. The number of nitrogen functional groups attached to an aromatic ring is 1. The molecule has 0 amide bonds. The third-order valence-electron chi connectivity index (χ3n) is 3.72. The van der Waals surface area contributed by atoms with Gasteiger partial charge in [0, 0.05) is 18.3 Å². The van der Waals surface area contributed by atoms with Crippen LogP contribution in [-0.2, 0) is 10.0 Å². The topological polar surface area (TPSA) is 63.4 Å². The van der Waals surface area contributed by atoms with Crippen LogP contribution in [0.5, 0.6) is 0 Å². The van der Waals surface area contributed by atoms with E-state index < -0.39 is 10.0 Å². The fraction of sp³-hybridized carbons (Fsp3) is 0.538. The molecule has 1 saturated heterocycles. The molecule has 1 atom stereocenters. The maximum absolute atomic E-state index is 12.6. The van der Waals surface area contributed by atoms with Crippen molar-refractivity contribution in [3.8, 4) is 0 Å². The fourth-order valence-corrected chi connectivity index (χ4v) is 4.55. The summed E-state index contributed by atoms with van der Waals surface area (Å²) in [6, 6.07) is 3.46. The van der Waals surface area contributed by atoms with Gasteiger partial charge in [-0.05, 0) is 56.9 Å². The lowest BCUT2D eigenvalue weighted by Crippen LogP contribution is -2.34. The summed E-state index contributed by atoms with van der Waals surface area (Å²) in [7, 11) is -3.41. The summed E-state index contributed by atoms with van der Waals surface area (Å²) in [6.07, 6.45) is 1.86. The summed E-state index contributed by atoms with van der Waals surface area (Å²) in [5.74, 6) is 0. The third-order valence-corrected chi connectivity index (χ3v) is 5.86. The number of hydrogen-bond donors (Lipinski definition) is 1. The summed E-state index contributed by atoms with van der Waals surface area (Å²) >= 11 is 0. The first-order chi connectivity index (χ1) is 8.34. The average molecular weight is 268 g/mol. The molecule has 0 bridgehead atoms. The van der Waals surface area contributed by atoms with Crippen LogP contribution in [0.4, 0.5) is 5.69 Å². The molecule has 1 heterocycles. The summed E-state index contributed by atoms with van der Waals surface area (Å²) in [5.41, 5.74) is 7.99. The van der Waals surface area contributed by atoms with E-state index in [0.29, 0.717) is 17.1 Å². The van der Waals surface area contributed by atoms with Crippen molar-refractivity contribution in [3.05, 3.63) is 23.3 Å². The molecule has 1 unspecified atom stereocenters. The zero-order valence-electron chi connectivity index (χ0n) is 11.1. The molecule has 1 aliphatic rings. The van der Waals surface area contributed by atoms with E-state index in [-0.39, 0.29) is 6.04 Å². The molecule has 2 rings (SSSR count). The van der Waals surface area contributed by atoms with Gasteiger partial charge < -0.3 is 5.73 Å². The van der Waals surface area contributed by atoms with E-state index in [1.807, 2.05) is 26.8 Å². The molecule has 5 heteroatoms. The van der Waals surface area contributed by atoms with Gasteiger partial charge in [-0.1, -0.05) is 0 Å². The standard InChI is InChI=1S/C13H20N2O2S/c1-9-7-12(14)8-13(11(9)3)18(16,17)15-6-4-5-10(15)2/h7-8,10H,4-6,14H2,1-3H3. The molecule has 0 spiro atoms. The highest BCUT2D eigenvalue weighted by atomic mass is 32.2. The lowest BCUT2D eigenvalue weighted by atomic mass is 10.1. The van der Waals surface area contributed by atoms with Crippen molar-refractivity contribution >= 4 is 15.7 Å². The van der Waals surface area contributed by atoms with Gasteiger partial charge in [0.05, 0.1) is 4.90 Å². The highest BCUT2D eigenvalue weighted by molar-refractivity contribution is 7.89. The van der Waals surface area contributed by atoms with Crippen molar-refractivity contribution in [1.82, 2.24) is 4.31 Å². The molecule has 18 heavy (non-hydrogen) atoms. The van der Waals surface area contributed by atoms with E-state index in [1.165, 1.54) is 0 Å². The third kappa shape index (κ3) is 2.12. The Morgan fingerprint density at radius 3 is 2.56 bits per heavy atom. The largest absolute Gasteiger partial charge is 0.399 e. The molecule has 100 valence electrons. The Hall–Kier alpha value is -1.07. The van der Waals surface area contributed by atoms with Gasteiger partial charge in [0.2, 0.25) is 10.0 Å². The first-order valence-corrected chi connectivity index (χ1v) is 7.66. The van der Waals surface area contributed by atoms with Crippen LogP contribution in [0.25, 0.3) is 0 Å². The SMILES string of the molecule is Cc1cc(N)cc(S(=O)(=O)N2CCCC2C)c1C. The molecule has 0 saturated carbocycles. The smallest absolute Gasteiger partial charge is 0.243 e. The number of rotatable bonds is 2. The molecule has 0 aromatic heterocycles. The van der Waals surface area contributed by atoms with E-state index in [9.17, 15) is 8.42 Å². The van der Waals surface area contributed by atoms with Crippen LogP contribution in [0.15, 0.2) is 17.0 Å². The van der Waals surface area contributed by atoms with Gasteiger partial charge in [-0.15, -0.1) is 0 Å². The van der Waals surface area contributed by atoms with Gasteiger partial charge in [0.1, 0.15) is 0 Å². The molecule has 1 fully saturated rings. The monoisotopic (exact) mass is 268 g/mol. The maximum Gasteiger partial charge on any atom is 0.243 e. The van der Waals surface area contributed by atoms with Crippen LogP contribution in [0.2, 0.25) is 0 Å². The van der Waals surface area contributed by atoms with Gasteiger partial charge in [-0.3, -0.25) is 0 Å². The van der Waals surface area contributed by atoms with Crippen LogP contribution in [0.3, 0.4) is 0 Å². The quantitative estimate of drug-likeness (QED) is 0.835. The maximum atomic E-state index is 12.6. The summed E-state index contributed by atoms with van der Waals surface area (Å²) in [6.45, 7) is 6.29. The molecular formula is C13H20N2O2S. The molecule has 0 radical (unpaired) electrons. The number of hydrogen-bond acceptors (Lipinski definition) is 3. The first kappa shape index (κ1) is 13.4. The highest BCUT2D eigenvalue weighted by Gasteiger charge is 2.33. The Labute approximate surface area is 109 Å². The summed E-state index contributed by atoms with van der Waals surface area (Å²) in [4.78, 5) is 0.355. The number of aryl methyl sites for hydroxylation is 1. The Morgan fingerprint density at radius 2 is 2.00 bits per heavy atom. The van der Waals surface area contributed by atoms with Gasteiger partial charge in [0.15, 0.2) is 0 Å².